The Morgan fingerprint density at radius 1 is 1.19 bits per heavy atom. The minimum Gasteiger partial charge on any atom is -0.492 e. The molecular formula is C18H26N2O. The summed E-state index contributed by atoms with van der Waals surface area (Å²) in [6.45, 7) is 2.89. The lowest BCUT2D eigenvalue weighted by Crippen LogP contribution is -2.30. The van der Waals surface area contributed by atoms with Crippen molar-refractivity contribution in [3.05, 3.63) is 29.8 Å². The highest BCUT2D eigenvalue weighted by molar-refractivity contribution is 5.28. The van der Waals surface area contributed by atoms with Crippen LogP contribution in [0.5, 0.6) is 5.75 Å². The van der Waals surface area contributed by atoms with Gasteiger partial charge in [0.2, 0.25) is 0 Å². The van der Waals surface area contributed by atoms with Gasteiger partial charge in [0.25, 0.3) is 0 Å². The lowest BCUT2D eigenvalue weighted by Gasteiger charge is -2.26. The molecule has 21 heavy (non-hydrogen) atoms. The predicted molar refractivity (Wildman–Crippen MR) is 85.3 cm³/mol. The molecule has 0 bridgehead atoms. The van der Waals surface area contributed by atoms with Crippen molar-refractivity contribution in [2.24, 2.45) is 5.92 Å². The third-order valence-electron chi connectivity index (χ3n) is 4.24. The van der Waals surface area contributed by atoms with Crippen LogP contribution >= 0.6 is 0 Å². The molecule has 0 aliphatic heterocycles. The van der Waals surface area contributed by atoms with E-state index in [0.29, 0.717) is 6.42 Å². The quantitative estimate of drug-likeness (QED) is 0.767. The number of ether oxygens (including phenoxy) is 1. The molecule has 0 unspecified atom stereocenters. The van der Waals surface area contributed by atoms with Crippen molar-refractivity contribution < 1.29 is 4.74 Å². The van der Waals surface area contributed by atoms with Gasteiger partial charge < -0.3 is 9.64 Å². The second kappa shape index (κ2) is 8.69. The lowest BCUT2D eigenvalue weighted by molar-refractivity contribution is 0.195. The second-order valence-corrected chi connectivity index (χ2v) is 6.09. The first-order valence-corrected chi connectivity index (χ1v) is 8.05. The summed E-state index contributed by atoms with van der Waals surface area (Å²) >= 11 is 0. The molecule has 0 atom stereocenters. The topological polar surface area (TPSA) is 36.3 Å². The maximum absolute atomic E-state index is 8.64. The van der Waals surface area contributed by atoms with Crippen molar-refractivity contribution in [2.75, 3.05) is 26.7 Å². The van der Waals surface area contributed by atoms with E-state index in [0.717, 1.165) is 30.4 Å². The number of likely N-dealkylation sites (N-methyl/N-ethyl adjacent to an activating group) is 1. The van der Waals surface area contributed by atoms with Gasteiger partial charge in [-0.25, -0.2) is 0 Å². The zero-order valence-electron chi connectivity index (χ0n) is 13.1. The third kappa shape index (κ3) is 5.77. The Kier molecular flexibility index (Phi) is 6.56. The van der Waals surface area contributed by atoms with Crippen LogP contribution in [-0.4, -0.2) is 31.6 Å². The number of hydrogen-bond donors (Lipinski definition) is 0. The molecule has 1 aromatic carbocycles. The summed E-state index contributed by atoms with van der Waals surface area (Å²) in [7, 11) is 2.19. The van der Waals surface area contributed by atoms with Gasteiger partial charge >= 0.3 is 0 Å². The Morgan fingerprint density at radius 2 is 1.90 bits per heavy atom. The van der Waals surface area contributed by atoms with E-state index >= 15 is 0 Å². The average molecular weight is 286 g/mol. The first-order chi connectivity index (χ1) is 10.3. The smallest absolute Gasteiger partial charge is 0.119 e. The number of nitrogens with zero attached hydrogens (tertiary/aromatic N) is 2. The predicted octanol–water partition coefficient (Wildman–Crippen LogP) is 3.64. The average Bonchev–Trinajstić information content (AvgIpc) is 2.50. The van der Waals surface area contributed by atoms with E-state index in [9.17, 15) is 0 Å². The molecule has 0 N–H and O–H groups in total. The molecule has 0 amide bonds. The van der Waals surface area contributed by atoms with Gasteiger partial charge in [0.15, 0.2) is 0 Å². The molecule has 1 aromatic rings. The Morgan fingerprint density at radius 3 is 2.57 bits per heavy atom. The molecule has 114 valence electrons. The van der Waals surface area contributed by atoms with Crippen molar-refractivity contribution >= 4 is 0 Å². The first-order valence-electron chi connectivity index (χ1n) is 8.05. The first kappa shape index (κ1) is 15.9. The van der Waals surface area contributed by atoms with E-state index in [4.69, 9.17) is 10.00 Å². The van der Waals surface area contributed by atoms with E-state index < -0.39 is 0 Å². The number of benzene rings is 1. The maximum atomic E-state index is 8.64. The van der Waals surface area contributed by atoms with E-state index in [1.165, 1.54) is 38.6 Å². The fraction of sp³-hybridized carbons (Fsp3) is 0.611. The van der Waals surface area contributed by atoms with Crippen molar-refractivity contribution in [2.45, 2.75) is 38.5 Å². The van der Waals surface area contributed by atoms with E-state index in [-0.39, 0.29) is 0 Å². The zero-order valence-corrected chi connectivity index (χ0v) is 13.1. The van der Waals surface area contributed by atoms with Crippen molar-refractivity contribution in [3.8, 4) is 11.8 Å². The molecule has 0 radical (unpaired) electrons. The summed E-state index contributed by atoms with van der Waals surface area (Å²) in [4.78, 5) is 2.39. The summed E-state index contributed by atoms with van der Waals surface area (Å²) in [5, 5.41) is 8.64. The van der Waals surface area contributed by atoms with Gasteiger partial charge in [-0.15, -0.1) is 0 Å². The van der Waals surface area contributed by atoms with Crippen LogP contribution in [0.1, 0.15) is 37.7 Å². The number of rotatable bonds is 7. The monoisotopic (exact) mass is 286 g/mol. The van der Waals surface area contributed by atoms with Crippen LogP contribution in [0, 0.1) is 17.2 Å². The van der Waals surface area contributed by atoms with E-state index in [2.05, 4.69) is 18.0 Å². The molecule has 0 saturated heterocycles. The molecule has 1 aliphatic carbocycles. The van der Waals surface area contributed by atoms with Crippen molar-refractivity contribution in [3.63, 3.8) is 0 Å². The van der Waals surface area contributed by atoms with Gasteiger partial charge in [0.1, 0.15) is 12.4 Å². The van der Waals surface area contributed by atoms with Gasteiger partial charge in [0.05, 0.1) is 12.5 Å². The minimum absolute atomic E-state index is 0.463. The van der Waals surface area contributed by atoms with Crippen LogP contribution < -0.4 is 4.74 Å². The highest BCUT2D eigenvalue weighted by Gasteiger charge is 2.15. The fourth-order valence-electron chi connectivity index (χ4n) is 3.02. The van der Waals surface area contributed by atoms with Gasteiger partial charge in [-0.1, -0.05) is 31.4 Å². The molecule has 2 rings (SSSR count). The standard InChI is InChI=1S/C18H26N2O/c1-20(15-17-5-3-2-4-6-17)13-14-21-18-9-7-16(8-10-18)11-12-19/h7-10,17H,2-6,11,13-15H2,1H3. The summed E-state index contributed by atoms with van der Waals surface area (Å²) < 4.78 is 5.77. The summed E-state index contributed by atoms with van der Waals surface area (Å²) in [5.74, 6) is 1.77. The van der Waals surface area contributed by atoms with Crippen LogP contribution in [0.3, 0.4) is 0 Å². The second-order valence-electron chi connectivity index (χ2n) is 6.09. The van der Waals surface area contributed by atoms with Gasteiger partial charge in [-0.3, -0.25) is 0 Å². The van der Waals surface area contributed by atoms with E-state index in [1.54, 1.807) is 0 Å². The van der Waals surface area contributed by atoms with Gasteiger partial charge in [-0.05, 0) is 43.5 Å². The SMILES string of the molecule is CN(CCOc1ccc(CC#N)cc1)CC1CCCCC1. The van der Waals surface area contributed by atoms with Gasteiger partial charge in [-0.2, -0.15) is 5.26 Å². The number of nitriles is 1. The molecule has 1 aliphatic rings. The van der Waals surface area contributed by atoms with Crippen LogP contribution in [0.2, 0.25) is 0 Å². The van der Waals surface area contributed by atoms with Crippen LogP contribution in [0.15, 0.2) is 24.3 Å². The Hall–Kier alpha value is -1.53. The number of hydrogen-bond acceptors (Lipinski definition) is 3. The van der Waals surface area contributed by atoms with Crippen LogP contribution in [0.4, 0.5) is 0 Å². The Balaban J connectivity index is 1.65. The molecule has 1 fully saturated rings. The molecular weight excluding hydrogens is 260 g/mol. The normalized spacial score (nSPS) is 15.9. The summed E-state index contributed by atoms with van der Waals surface area (Å²) in [6.07, 6.45) is 7.49. The highest BCUT2D eigenvalue weighted by Crippen LogP contribution is 2.24. The summed E-state index contributed by atoms with van der Waals surface area (Å²) in [5.41, 5.74) is 1.04. The maximum Gasteiger partial charge on any atom is 0.119 e. The molecule has 0 aromatic heterocycles. The van der Waals surface area contributed by atoms with Crippen molar-refractivity contribution in [1.82, 2.24) is 4.90 Å². The zero-order chi connectivity index (χ0) is 14.9. The lowest BCUT2D eigenvalue weighted by atomic mass is 9.89. The molecule has 0 spiro atoms. The van der Waals surface area contributed by atoms with Crippen LogP contribution in [-0.2, 0) is 6.42 Å². The van der Waals surface area contributed by atoms with Crippen LogP contribution in [0.25, 0.3) is 0 Å². The highest BCUT2D eigenvalue weighted by atomic mass is 16.5. The summed E-state index contributed by atoms with van der Waals surface area (Å²) in [6, 6.07) is 9.98. The molecule has 1 saturated carbocycles. The molecule has 3 heteroatoms. The Bertz CT molecular complexity index is 443. The minimum atomic E-state index is 0.463. The molecule has 3 nitrogen and oxygen atoms in total. The van der Waals surface area contributed by atoms with E-state index in [1.807, 2.05) is 24.3 Å². The Labute approximate surface area is 128 Å². The molecule has 0 heterocycles. The van der Waals surface area contributed by atoms with Crippen molar-refractivity contribution in [1.29, 1.82) is 5.26 Å². The fourth-order valence-corrected chi connectivity index (χ4v) is 3.02. The largest absolute Gasteiger partial charge is 0.492 e. The van der Waals surface area contributed by atoms with Gasteiger partial charge in [0, 0.05) is 13.1 Å². The third-order valence-corrected chi connectivity index (χ3v) is 4.24.